The number of carbonyl (C=O) groups is 6. The highest BCUT2D eigenvalue weighted by atomic mass is 16.2. The summed E-state index contributed by atoms with van der Waals surface area (Å²) in [6.45, 7) is 8.90. The van der Waals surface area contributed by atoms with Crippen molar-refractivity contribution < 1.29 is 28.8 Å². The van der Waals surface area contributed by atoms with Gasteiger partial charge in [0.1, 0.15) is 34.7 Å². The highest BCUT2D eigenvalue weighted by Gasteiger charge is 2.41. The quantitative estimate of drug-likeness (QED) is 0.601. The Morgan fingerprint density at radius 1 is 0.370 bits per heavy atom. The van der Waals surface area contributed by atoms with Gasteiger partial charge in [-0.1, -0.05) is 0 Å². The van der Waals surface area contributed by atoms with Crippen molar-refractivity contribution in [2.75, 3.05) is 0 Å². The first-order valence-corrected chi connectivity index (χ1v) is 9.35. The fraction of sp³-hybridized carbons (Fsp3) is 0.714. The van der Waals surface area contributed by atoms with E-state index in [0.29, 0.717) is 0 Å². The zero-order chi connectivity index (χ0) is 21.2. The SMILES string of the molecule is CC1(C)C(=O)CCC(=O)C(C)(C)C(=O)CCC(=O)C(C)(C)C(=O)CCC1=O. The number of rotatable bonds is 0. The molecule has 0 heterocycles. The molecule has 0 N–H and O–H groups in total. The third-order valence-corrected chi connectivity index (χ3v) is 5.92. The summed E-state index contributed by atoms with van der Waals surface area (Å²) in [6, 6.07) is 0. The molecule has 1 aliphatic carbocycles. The van der Waals surface area contributed by atoms with Crippen molar-refractivity contribution >= 4 is 34.7 Å². The standard InChI is InChI=1S/C21H30O6/c1-19(2)13(22)7-9-15(24)20(3,4)17(26)11-12-18(27)21(5,6)16(25)10-8-14(19)23/h7-12H2,1-6H3. The van der Waals surface area contributed by atoms with Crippen molar-refractivity contribution in [3.05, 3.63) is 0 Å². The second kappa shape index (κ2) is 7.95. The smallest absolute Gasteiger partial charge is 0.146 e. The number of carbonyl (C=O) groups excluding carboxylic acids is 6. The molecule has 27 heavy (non-hydrogen) atoms. The lowest BCUT2D eigenvalue weighted by atomic mass is 9.76. The van der Waals surface area contributed by atoms with Gasteiger partial charge in [-0.3, -0.25) is 28.8 Å². The molecule has 0 spiro atoms. The molecule has 0 saturated heterocycles. The molecular formula is C21H30O6. The summed E-state index contributed by atoms with van der Waals surface area (Å²) >= 11 is 0. The average molecular weight is 378 g/mol. The Morgan fingerprint density at radius 2 is 0.481 bits per heavy atom. The highest BCUT2D eigenvalue weighted by molar-refractivity contribution is 6.13. The van der Waals surface area contributed by atoms with Gasteiger partial charge in [0, 0.05) is 38.5 Å². The monoisotopic (exact) mass is 378 g/mol. The zero-order valence-corrected chi connectivity index (χ0v) is 17.2. The topological polar surface area (TPSA) is 102 Å². The number of hydrogen-bond acceptors (Lipinski definition) is 6. The van der Waals surface area contributed by atoms with Gasteiger partial charge >= 0.3 is 0 Å². The maximum atomic E-state index is 12.5. The Balaban J connectivity index is 3.23. The number of Topliss-reactive ketones (excluding diaryl/α,β-unsaturated/α-hetero) is 6. The number of ketones is 6. The van der Waals surface area contributed by atoms with Crippen LogP contribution in [0.15, 0.2) is 0 Å². The van der Waals surface area contributed by atoms with E-state index in [0.717, 1.165) is 0 Å². The van der Waals surface area contributed by atoms with E-state index in [4.69, 9.17) is 0 Å². The molecule has 0 aromatic carbocycles. The van der Waals surface area contributed by atoms with E-state index < -0.39 is 16.2 Å². The van der Waals surface area contributed by atoms with Gasteiger partial charge in [0.15, 0.2) is 0 Å². The van der Waals surface area contributed by atoms with Crippen LogP contribution in [0.3, 0.4) is 0 Å². The van der Waals surface area contributed by atoms with Gasteiger partial charge in [0.2, 0.25) is 0 Å². The maximum Gasteiger partial charge on any atom is 0.146 e. The summed E-state index contributed by atoms with van der Waals surface area (Å²) in [5.41, 5.74) is -3.95. The van der Waals surface area contributed by atoms with Gasteiger partial charge in [-0.05, 0) is 41.5 Å². The second-order valence-corrected chi connectivity index (χ2v) is 8.91. The molecule has 0 atom stereocenters. The highest BCUT2D eigenvalue weighted by Crippen LogP contribution is 2.30. The van der Waals surface area contributed by atoms with Crippen molar-refractivity contribution in [2.24, 2.45) is 16.2 Å². The molecule has 0 aromatic rings. The predicted octanol–water partition coefficient (Wildman–Crippen LogP) is 2.83. The number of hydrogen-bond donors (Lipinski definition) is 0. The molecule has 0 amide bonds. The van der Waals surface area contributed by atoms with E-state index in [1.165, 1.54) is 41.5 Å². The van der Waals surface area contributed by atoms with Crippen molar-refractivity contribution in [1.29, 1.82) is 0 Å². The van der Waals surface area contributed by atoms with Crippen LogP contribution < -0.4 is 0 Å². The Bertz CT molecular complexity index is 544. The lowest BCUT2D eigenvalue weighted by molar-refractivity contribution is -0.143. The summed E-state index contributed by atoms with van der Waals surface area (Å²) < 4.78 is 0. The molecule has 1 saturated carbocycles. The molecule has 6 nitrogen and oxygen atoms in total. The van der Waals surface area contributed by atoms with E-state index in [1.807, 2.05) is 0 Å². The van der Waals surface area contributed by atoms with Crippen LogP contribution in [0.2, 0.25) is 0 Å². The van der Waals surface area contributed by atoms with Gasteiger partial charge in [0.05, 0.1) is 16.2 Å². The minimum absolute atomic E-state index is 0.132. The largest absolute Gasteiger partial charge is 0.299 e. The molecule has 1 fully saturated rings. The Morgan fingerprint density at radius 3 is 0.593 bits per heavy atom. The molecular weight excluding hydrogens is 348 g/mol. The van der Waals surface area contributed by atoms with Crippen LogP contribution in [0.1, 0.15) is 80.1 Å². The van der Waals surface area contributed by atoms with E-state index in [9.17, 15) is 28.8 Å². The normalized spacial score (nSPS) is 25.1. The van der Waals surface area contributed by atoms with Crippen LogP contribution in [-0.2, 0) is 28.8 Å². The lowest BCUT2D eigenvalue weighted by Gasteiger charge is -2.24. The average Bonchev–Trinajstić information content (AvgIpc) is 2.59. The Kier molecular flexibility index (Phi) is 6.79. The fourth-order valence-electron chi connectivity index (χ4n) is 3.02. The summed E-state index contributed by atoms with van der Waals surface area (Å²) in [4.78, 5) is 74.9. The molecule has 6 heteroatoms. The van der Waals surface area contributed by atoms with E-state index in [1.54, 1.807) is 0 Å². The fourth-order valence-corrected chi connectivity index (χ4v) is 3.02. The van der Waals surface area contributed by atoms with Crippen LogP contribution in [0, 0.1) is 16.2 Å². The van der Waals surface area contributed by atoms with Gasteiger partial charge in [-0.2, -0.15) is 0 Å². The summed E-state index contributed by atoms with van der Waals surface area (Å²) in [7, 11) is 0. The second-order valence-electron chi connectivity index (χ2n) is 8.91. The first kappa shape index (κ1) is 23.1. The van der Waals surface area contributed by atoms with E-state index in [2.05, 4.69) is 0 Å². The Labute approximate surface area is 160 Å². The van der Waals surface area contributed by atoms with Gasteiger partial charge in [-0.15, -0.1) is 0 Å². The predicted molar refractivity (Wildman–Crippen MR) is 99.1 cm³/mol. The van der Waals surface area contributed by atoms with Crippen molar-refractivity contribution in [3.63, 3.8) is 0 Å². The lowest BCUT2D eigenvalue weighted by Crippen LogP contribution is -2.36. The van der Waals surface area contributed by atoms with Crippen LogP contribution in [0.25, 0.3) is 0 Å². The summed E-state index contributed by atoms with van der Waals surface area (Å²) in [5.74, 6) is -2.32. The van der Waals surface area contributed by atoms with E-state index >= 15 is 0 Å². The minimum atomic E-state index is -1.32. The summed E-state index contributed by atoms with van der Waals surface area (Å²) in [5, 5.41) is 0. The van der Waals surface area contributed by atoms with Crippen LogP contribution in [0.4, 0.5) is 0 Å². The first-order valence-electron chi connectivity index (χ1n) is 9.35. The first-order chi connectivity index (χ1) is 12.1. The third-order valence-electron chi connectivity index (χ3n) is 5.92. The molecule has 1 rings (SSSR count). The molecule has 150 valence electrons. The Hall–Kier alpha value is -1.98. The molecule has 0 unspecified atom stereocenters. The van der Waals surface area contributed by atoms with Crippen molar-refractivity contribution in [3.8, 4) is 0 Å². The maximum absolute atomic E-state index is 12.5. The molecule has 0 bridgehead atoms. The van der Waals surface area contributed by atoms with Crippen LogP contribution >= 0.6 is 0 Å². The summed E-state index contributed by atoms with van der Waals surface area (Å²) in [6.07, 6.45) is -0.794. The molecule has 1 aliphatic rings. The van der Waals surface area contributed by atoms with Gasteiger partial charge < -0.3 is 0 Å². The van der Waals surface area contributed by atoms with E-state index in [-0.39, 0.29) is 73.2 Å². The van der Waals surface area contributed by atoms with Crippen molar-refractivity contribution in [1.82, 2.24) is 0 Å². The zero-order valence-electron chi connectivity index (χ0n) is 17.2. The van der Waals surface area contributed by atoms with Gasteiger partial charge in [-0.25, -0.2) is 0 Å². The van der Waals surface area contributed by atoms with Crippen LogP contribution in [0.5, 0.6) is 0 Å². The molecule has 0 radical (unpaired) electrons. The molecule has 0 aromatic heterocycles. The van der Waals surface area contributed by atoms with Crippen LogP contribution in [-0.4, -0.2) is 34.7 Å². The minimum Gasteiger partial charge on any atom is -0.299 e. The van der Waals surface area contributed by atoms with Gasteiger partial charge in [0.25, 0.3) is 0 Å². The molecule has 0 aliphatic heterocycles. The third kappa shape index (κ3) is 4.85. The van der Waals surface area contributed by atoms with Crippen molar-refractivity contribution in [2.45, 2.75) is 80.1 Å².